The van der Waals surface area contributed by atoms with E-state index < -0.39 is 13.0 Å². The van der Waals surface area contributed by atoms with E-state index in [0.717, 1.165) is 0 Å². The SMILES string of the molecule is O=c1ccn(-c2ccccn2)n1CCOCC(F)F. The summed E-state index contributed by atoms with van der Waals surface area (Å²) in [7, 11) is 0. The molecule has 0 aliphatic carbocycles. The van der Waals surface area contributed by atoms with Gasteiger partial charge in [0.1, 0.15) is 6.61 Å². The van der Waals surface area contributed by atoms with Gasteiger partial charge in [-0.2, -0.15) is 0 Å². The van der Waals surface area contributed by atoms with Gasteiger partial charge < -0.3 is 4.74 Å². The highest BCUT2D eigenvalue weighted by molar-refractivity contribution is 5.20. The fourth-order valence-corrected chi connectivity index (χ4v) is 1.64. The van der Waals surface area contributed by atoms with Crippen LogP contribution in [0, 0.1) is 0 Å². The topological polar surface area (TPSA) is 49.0 Å². The molecule has 0 fully saturated rings. The quantitative estimate of drug-likeness (QED) is 0.743. The molecule has 0 saturated heterocycles. The molecule has 0 unspecified atom stereocenters. The molecule has 5 nitrogen and oxygen atoms in total. The smallest absolute Gasteiger partial charge is 0.267 e. The van der Waals surface area contributed by atoms with E-state index in [1.165, 1.54) is 10.7 Å². The molecule has 2 aromatic rings. The third kappa shape index (κ3) is 3.47. The molecule has 0 N–H and O–H groups in total. The lowest BCUT2D eigenvalue weighted by molar-refractivity contribution is 0.0133. The molecule has 2 aromatic heterocycles. The minimum atomic E-state index is -2.50. The van der Waals surface area contributed by atoms with Crippen LogP contribution >= 0.6 is 0 Å². The molecule has 0 amide bonds. The summed E-state index contributed by atoms with van der Waals surface area (Å²) in [4.78, 5) is 15.8. The summed E-state index contributed by atoms with van der Waals surface area (Å²) in [5, 5.41) is 0. The van der Waals surface area contributed by atoms with E-state index in [9.17, 15) is 13.6 Å². The first kappa shape index (κ1) is 13.4. The van der Waals surface area contributed by atoms with Gasteiger partial charge in [-0.15, -0.1) is 0 Å². The Morgan fingerprint density at radius 3 is 2.84 bits per heavy atom. The van der Waals surface area contributed by atoms with E-state index in [-0.39, 0.29) is 18.7 Å². The van der Waals surface area contributed by atoms with Crippen molar-refractivity contribution in [3.8, 4) is 5.82 Å². The van der Waals surface area contributed by atoms with Crippen molar-refractivity contribution in [3.63, 3.8) is 0 Å². The highest BCUT2D eigenvalue weighted by atomic mass is 19.3. The summed E-state index contributed by atoms with van der Waals surface area (Å²) < 4.78 is 31.5. The summed E-state index contributed by atoms with van der Waals surface area (Å²) in [6, 6.07) is 6.70. The third-order valence-corrected chi connectivity index (χ3v) is 2.45. The average molecular weight is 269 g/mol. The molecule has 0 atom stereocenters. The molecule has 0 aliphatic rings. The van der Waals surface area contributed by atoms with E-state index in [4.69, 9.17) is 4.74 Å². The first-order valence-corrected chi connectivity index (χ1v) is 5.74. The van der Waals surface area contributed by atoms with E-state index in [1.54, 1.807) is 35.3 Å². The van der Waals surface area contributed by atoms with Crippen molar-refractivity contribution < 1.29 is 13.5 Å². The van der Waals surface area contributed by atoms with Crippen molar-refractivity contribution in [2.45, 2.75) is 13.0 Å². The molecular formula is C12H13F2N3O2. The van der Waals surface area contributed by atoms with Gasteiger partial charge in [-0.05, 0) is 12.1 Å². The van der Waals surface area contributed by atoms with Gasteiger partial charge in [0.05, 0.1) is 13.2 Å². The van der Waals surface area contributed by atoms with Crippen LogP contribution in [0.15, 0.2) is 41.5 Å². The van der Waals surface area contributed by atoms with Crippen LogP contribution in [0.4, 0.5) is 8.78 Å². The van der Waals surface area contributed by atoms with Crippen LogP contribution in [0.5, 0.6) is 0 Å². The van der Waals surface area contributed by atoms with Gasteiger partial charge in [0.15, 0.2) is 5.82 Å². The van der Waals surface area contributed by atoms with Crippen molar-refractivity contribution in [2.75, 3.05) is 13.2 Å². The van der Waals surface area contributed by atoms with Crippen LogP contribution in [0.25, 0.3) is 5.82 Å². The second-order valence-electron chi connectivity index (χ2n) is 3.78. The molecule has 0 aromatic carbocycles. The number of hydrogen-bond donors (Lipinski definition) is 0. The van der Waals surface area contributed by atoms with Crippen LogP contribution in [0.3, 0.4) is 0 Å². The van der Waals surface area contributed by atoms with Crippen LogP contribution in [0.2, 0.25) is 0 Å². The molecule has 2 rings (SSSR count). The minimum absolute atomic E-state index is 0.0428. The van der Waals surface area contributed by atoms with E-state index >= 15 is 0 Å². The first-order chi connectivity index (χ1) is 9.18. The number of rotatable bonds is 6. The number of nitrogens with zero attached hydrogens (tertiary/aromatic N) is 3. The van der Waals surface area contributed by atoms with Crippen molar-refractivity contribution in [1.29, 1.82) is 0 Å². The van der Waals surface area contributed by atoms with Gasteiger partial charge in [0.25, 0.3) is 12.0 Å². The average Bonchev–Trinajstić information content (AvgIpc) is 2.77. The Morgan fingerprint density at radius 2 is 2.16 bits per heavy atom. The van der Waals surface area contributed by atoms with Crippen molar-refractivity contribution in [2.24, 2.45) is 0 Å². The first-order valence-electron chi connectivity index (χ1n) is 5.74. The summed E-state index contributed by atoms with van der Waals surface area (Å²) in [5.74, 6) is 0.582. The second-order valence-corrected chi connectivity index (χ2v) is 3.78. The Morgan fingerprint density at radius 1 is 1.32 bits per heavy atom. The van der Waals surface area contributed by atoms with Gasteiger partial charge in [-0.1, -0.05) is 6.07 Å². The maximum atomic E-state index is 11.9. The van der Waals surface area contributed by atoms with Crippen LogP contribution in [-0.4, -0.2) is 34.0 Å². The lowest BCUT2D eigenvalue weighted by Crippen LogP contribution is -2.25. The predicted octanol–water partition coefficient (Wildman–Crippen LogP) is 1.32. The third-order valence-electron chi connectivity index (χ3n) is 2.45. The Kier molecular flexibility index (Phi) is 4.40. The number of aromatic nitrogens is 3. The lowest BCUT2D eigenvalue weighted by atomic mass is 10.5. The zero-order valence-corrected chi connectivity index (χ0v) is 10.1. The summed E-state index contributed by atoms with van der Waals surface area (Å²) >= 11 is 0. The van der Waals surface area contributed by atoms with Crippen LogP contribution < -0.4 is 5.56 Å². The monoisotopic (exact) mass is 269 g/mol. The molecule has 0 saturated carbocycles. The molecule has 0 bridgehead atoms. The van der Waals surface area contributed by atoms with E-state index in [2.05, 4.69) is 4.98 Å². The Labute approximate surface area is 108 Å². The van der Waals surface area contributed by atoms with Crippen molar-refractivity contribution in [1.82, 2.24) is 14.3 Å². The van der Waals surface area contributed by atoms with E-state index in [1.807, 2.05) is 0 Å². The molecule has 2 heterocycles. The highest BCUT2D eigenvalue weighted by Crippen LogP contribution is 2.01. The summed E-state index contributed by atoms with van der Waals surface area (Å²) in [6.45, 7) is -0.394. The summed E-state index contributed by atoms with van der Waals surface area (Å²) in [6.07, 6.45) is 0.689. The Bertz CT molecular complexity index is 566. The molecular weight excluding hydrogens is 256 g/mol. The minimum Gasteiger partial charge on any atom is -0.374 e. The fraction of sp³-hybridized carbons (Fsp3) is 0.333. The van der Waals surface area contributed by atoms with Crippen LogP contribution in [-0.2, 0) is 11.3 Å². The molecule has 19 heavy (non-hydrogen) atoms. The standard InChI is InChI=1S/C12H13F2N3O2/c13-10(14)9-19-8-7-17-12(18)4-6-16(17)11-3-1-2-5-15-11/h1-6,10H,7-9H2. The normalized spacial score (nSPS) is 11.1. The number of ether oxygens (including phenoxy) is 1. The fourth-order valence-electron chi connectivity index (χ4n) is 1.64. The molecule has 102 valence electrons. The van der Waals surface area contributed by atoms with Gasteiger partial charge in [-0.3, -0.25) is 4.79 Å². The zero-order valence-electron chi connectivity index (χ0n) is 10.1. The number of hydrogen-bond acceptors (Lipinski definition) is 3. The Hall–Kier alpha value is -2.02. The lowest BCUT2D eigenvalue weighted by Gasteiger charge is -2.10. The molecule has 0 radical (unpaired) electrons. The molecule has 7 heteroatoms. The summed E-state index contributed by atoms with van der Waals surface area (Å²) in [5.41, 5.74) is -0.230. The maximum Gasteiger partial charge on any atom is 0.267 e. The number of alkyl halides is 2. The molecule has 0 aliphatic heterocycles. The van der Waals surface area contributed by atoms with Gasteiger partial charge in [-0.25, -0.2) is 23.1 Å². The zero-order chi connectivity index (χ0) is 13.7. The van der Waals surface area contributed by atoms with Gasteiger partial charge in [0.2, 0.25) is 0 Å². The largest absolute Gasteiger partial charge is 0.374 e. The maximum absolute atomic E-state index is 11.9. The van der Waals surface area contributed by atoms with Gasteiger partial charge >= 0.3 is 0 Å². The van der Waals surface area contributed by atoms with Crippen molar-refractivity contribution in [3.05, 3.63) is 47.0 Å². The van der Waals surface area contributed by atoms with Crippen molar-refractivity contribution >= 4 is 0 Å². The molecule has 0 spiro atoms. The highest BCUT2D eigenvalue weighted by Gasteiger charge is 2.07. The van der Waals surface area contributed by atoms with Gasteiger partial charge in [0, 0.05) is 18.5 Å². The predicted molar refractivity (Wildman–Crippen MR) is 64.6 cm³/mol. The van der Waals surface area contributed by atoms with Crippen LogP contribution in [0.1, 0.15) is 0 Å². The second kappa shape index (κ2) is 6.24. The number of halogens is 2. The Balaban J connectivity index is 2.08. The van der Waals surface area contributed by atoms with E-state index in [0.29, 0.717) is 5.82 Å². The number of pyridine rings is 1.